The fourth-order valence-corrected chi connectivity index (χ4v) is 6.69. The van der Waals surface area contributed by atoms with Crippen molar-refractivity contribution in [1.29, 1.82) is 0 Å². The van der Waals surface area contributed by atoms with E-state index in [4.69, 9.17) is 15.3 Å². The van der Waals surface area contributed by atoms with E-state index >= 15 is 8.78 Å². The third-order valence-corrected chi connectivity index (χ3v) is 9.48. The van der Waals surface area contributed by atoms with Crippen LogP contribution in [-0.4, -0.2) is 40.5 Å². The Kier molecular flexibility index (Phi) is 9.85. The van der Waals surface area contributed by atoms with Crippen molar-refractivity contribution >= 4 is 23.5 Å². The minimum atomic E-state index is -0.826. The minimum Gasteiger partial charge on any atom is -0.494 e. The highest BCUT2D eigenvalue weighted by Gasteiger charge is 2.37. The molecule has 0 saturated carbocycles. The van der Waals surface area contributed by atoms with Gasteiger partial charge in [-0.2, -0.15) is 0 Å². The van der Waals surface area contributed by atoms with Gasteiger partial charge in [-0.25, -0.2) is 18.2 Å². The van der Waals surface area contributed by atoms with Crippen LogP contribution in [0.2, 0.25) is 0 Å². The Morgan fingerprint density at radius 3 is 2.59 bits per heavy atom. The van der Waals surface area contributed by atoms with Gasteiger partial charge in [-0.15, -0.1) is 0 Å². The van der Waals surface area contributed by atoms with Crippen molar-refractivity contribution in [3.63, 3.8) is 0 Å². The van der Waals surface area contributed by atoms with Gasteiger partial charge in [-0.3, -0.25) is 9.36 Å². The van der Waals surface area contributed by atoms with Crippen LogP contribution in [0, 0.1) is 23.4 Å². The highest BCUT2D eigenvalue weighted by Crippen LogP contribution is 2.41. The van der Waals surface area contributed by atoms with Gasteiger partial charge in [-0.05, 0) is 48.8 Å². The standard InChI is InChI=1S/C34H38F3N5O3S/c1-6-8-21(7-2)40-32(43)19-13-26(36)24(27(37)14-19)18-46-33-39-17-30(42(33)22-10-11-25(35)29(16-22)44-5)34(3,4)20-9-12-28-23(15-20)31(38)41-45-28/h9-17,21,23,28H,6-8,18H2,1-5H3,(H2,38,41)(H,40,43)/t21-,23?,28?/m1/s1. The molecule has 0 fully saturated rings. The maximum absolute atomic E-state index is 15.3. The van der Waals surface area contributed by atoms with Crippen molar-refractivity contribution in [2.75, 3.05) is 7.11 Å². The summed E-state index contributed by atoms with van der Waals surface area (Å²) >= 11 is 1.12. The van der Waals surface area contributed by atoms with E-state index in [1.165, 1.54) is 13.2 Å². The second kappa shape index (κ2) is 13.7. The highest BCUT2D eigenvalue weighted by atomic mass is 32.2. The second-order valence-corrected chi connectivity index (χ2v) is 12.8. The maximum Gasteiger partial charge on any atom is 0.251 e. The van der Waals surface area contributed by atoms with Gasteiger partial charge in [0.1, 0.15) is 11.6 Å². The fourth-order valence-electron chi connectivity index (χ4n) is 5.68. The molecule has 2 heterocycles. The van der Waals surface area contributed by atoms with Crippen molar-refractivity contribution in [2.45, 2.75) is 75.4 Å². The first-order valence-electron chi connectivity index (χ1n) is 15.2. The number of imidazole rings is 1. The van der Waals surface area contributed by atoms with Gasteiger partial charge in [0.05, 0.1) is 30.6 Å². The van der Waals surface area contributed by atoms with Crippen molar-refractivity contribution in [3.05, 3.63) is 94.6 Å². The number of amides is 1. The van der Waals surface area contributed by atoms with Gasteiger partial charge in [0.2, 0.25) is 0 Å². The van der Waals surface area contributed by atoms with E-state index in [1.807, 2.05) is 50.5 Å². The van der Waals surface area contributed by atoms with Crippen molar-refractivity contribution in [2.24, 2.45) is 16.8 Å². The summed E-state index contributed by atoms with van der Waals surface area (Å²) in [5.74, 6) is -2.61. The van der Waals surface area contributed by atoms with Gasteiger partial charge in [0.25, 0.3) is 5.91 Å². The van der Waals surface area contributed by atoms with Crippen LogP contribution in [0.15, 0.2) is 70.6 Å². The minimum absolute atomic E-state index is 0.0350. The number of halogens is 3. The number of methoxy groups -OCH3 is 1. The van der Waals surface area contributed by atoms with Gasteiger partial charge in [0, 0.05) is 34.4 Å². The van der Waals surface area contributed by atoms with E-state index in [2.05, 4.69) is 15.5 Å². The number of allylic oxidation sites excluding steroid dienone is 2. The molecule has 0 spiro atoms. The van der Waals surface area contributed by atoms with E-state index in [0.717, 1.165) is 54.4 Å². The molecule has 2 aliphatic rings. The molecule has 1 amide bonds. The van der Waals surface area contributed by atoms with E-state index in [1.54, 1.807) is 18.3 Å². The summed E-state index contributed by atoms with van der Waals surface area (Å²) in [7, 11) is 1.38. The lowest BCUT2D eigenvalue weighted by atomic mass is 9.76. The SMILES string of the molecule is CCC[C@@H](CC)NC(=O)c1cc(F)c(CSc2ncc(C(C)(C)C3=CC4C(N)=NOC4C=C3)n2-c2ccc(F)c(OC)c2)c(F)c1. The van der Waals surface area contributed by atoms with Crippen LogP contribution < -0.4 is 15.8 Å². The number of carbonyl (C=O) groups excluding carboxylic acids is 1. The summed E-state index contributed by atoms with van der Waals surface area (Å²) in [4.78, 5) is 22.8. The number of benzene rings is 2. The van der Waals surface area contributed by atoms with Crippen LogP contribution in [0.1, 0.15) is 68.6 Å². The Morgan fingerprint density at radius 2 is 1.91 bits per heavy atom. The van der Waals surface area contributed by atoms with Gasteiger partial charge in [-0.1, -0.05) is 63.2 Å². The van der Waals surface area contributed by atoms with Crippen LogP contribution in [0.5, 0.6) is 5.75 Å². The maximum atomic E-state index is 15.3. The number of amidine groups is 1. The van der Waals surface area contributed by atoms with Crippen LogP contribution in [-0.2, 0) is 16.0 Å². The number of hydrogen-bond donors (Lipinski definition) is 2. The lowest BCUT2D eigenvalue weighted by Gasteiger charge is -2.31. The number of fused-ring (bicyclic) bond motifs is 1. The molecule has 2 aromatic carbocycles. The lowest BCUT2D eigenvalue weighted by molar-refractivity contribution is 0.0932. The Balaban J connectivity index is 1.48. The number of rotatable bonds is 12. The van der Waals surface area contributed by atoms with E-state index < -0.39 is 28.8 Å². The summed E-state index contributed by atoms with van der Waals surface area (Å²) < 4.78 is 52.2. The molecule has 1 aromatic heterocycles. The molecule has 3 atom stereocenters. The van der Waals surface area contributed by atoms with Gasteiger partial charge < -0.3 is 20.6 Å². The van der Waals surface area contributed by atoms with Crippen molar-refractivity contribution < 1.29 is 27.5 Å². The van der Waals surface area contributed by atoms with Crippen molar-refractivity contribution in [1.82, 2.24) is 14.9 Å². The average molecular weight is 654 g/mol. The molecular weight excluding hydrogens is 615 g/mol. The fraction of sp³-hybridized carbons (Fsp3) is 0.382. The van der Waals surface area contributed by atoms with Gasteiger partial charge >= 0.3 is 0 Å². The lowest BCUT2D eigenvalue weighted by Crippen LogP contribution is -2.34. The normalized spacial score (nSPS) is 18.0. The zero-order chi connectivity index (χ0) is 33.2. The van der Waals surface area contributed by atoms with E-state index in [-0.39, 0.29) is 40.7 Å². The molecular formula is C34H38F3N5O3S. The Morgan fingerprint density at radius 1 is 1.17 bits per heavy atom. The summed E-state index contributed by atoms with van der Waals surface area (Å²) in [6, 6.07) is 6.50. The molecule has 5 rings (SSSR count). The predicted octanol–water partition coefficient (Wildman–Crippen LogP) is 6.96. The summed E-state index contributed by atoms with van der Waals surface area (Å²) in [6.45, 7) is 8.00. The number of nitrogens with zero attached hydrogens (tertiary/aromatic N) is 3. The van der Waals surface area contributed by atoms with Crippen LogP contribution in [0.25, 0.3) is 5.69 Å². The molecule has 8 nitrogen and oxygen atoms in total. The zero-order valence-corrected chi connectivity index (χ0v) is 27.3. The first-order valence-corrected chi connectivity index (χ1v) is 16.2. The molecule has 0 radical (unpaired) electrons. The molecule has 0 saturated heterocycles. The number of nitrogens with one attached hydrogen (secondary N) is 1. The number of nitrogens with two attached hydrogens (primary N) is 1. The molecule has 46 heavy (non-hydrogen) atoms. The first kappa shape index (κ1) is 33.2. The van der Waals surface area contributed by atoms with Crippen LogP contribution >= 0.6 is 11.8 Å². The van der Waals surface area contributed by atoms with Crippen LogP contribution in [0.3, 0.4) is 0 Å². The third-order valence-electron chi connectivity index (χ3n) is 8.50. The van der Waals surface area contributed by atoms with Gasteiger partial charge in [0.15, 0.2) is 28.7 Å². The van der Waals surface area contributed by atoms with E-state index in [0.29, 0.717) is 16.7 Å². The zero-order valence-electron chi connectivity index (χ0n) is 26.4. The molecule has 244 valence electrons. The average Bonchev–Trinajstić information content (AvgIpc) is 3.64. The topological polar surface area (TPSA) is 104 Å². The number of aromatic nitrogens is 2. The Labute approximate surface area is 270 Å². The summed E-state index contributed by atoms with van der Waals surface area (Å²) in [5, 5.41) is 7.20. The molecule has 3 aromatic rings. The molecule has 2 unspecified atom stereocenters. The predicted molar refractivity (Wildman–Crippen MR) is 173 cm³/mol. The number of oxime groups is 1. The monoisotopic (exact) mass is 653 g/mol. The highest BCUT2D eigenvalue weighted by molar-refractivity contribution is 7.98. The quantitative estimate of drug-likeness (QED) is 0.205. The molecule has 0 bridgehead atoms. The Bertz CT molecular complexity index is 1690. The summed E-state index contributed by atoms with van der Waals surface area (Å²) in [6.07, 6.45) is 9.67. The first-order chi connectivity index (χ1) is 22.0. The number of hydrogen-bond acceptors (Lipinski definition) is 7. The van der Waals surface area contributed by atoms with Crippen LogP contribution in [0.4, 0.5) is 13.2 Å². The van der Waals surface area contributed by atoms with Crippen molar-refractivity contribution in [3.8, 4) is 11.4 Å². The molecule has 3 N–H and O–H groups in total. The summed E-state index contributed by atoms with van der Waals surface area (Å²) in [5.41, 5.74) is 7.38. The molecule has 12 heteroatoms. The smallest absolute Gasteiger partial charge is 0.251 e. The van der Waals surface area contributed by atoms with E-state index in [9.17, 15) is 9.18 Å². The Hall–Kier alpha value is -4.19. The third kappa shape index (κ3) is 6.53. The molecule has 1 aliphatic carbocycles. The number of thioether (sulfide) groups is 1. The second-order valence-electron chi connectivity index (χ2n) is 11.9. The number of ether oxygens (including phenoxy) is 1. The largest absolute Gasteiger partial charge is 0.494 e. The molecule has 1 aliphatic heterocycles. The number of carbonyl (C=O) groups is 1.